The molecule has 0 atom stereocenters. The summed E-state index contributed by atoms with van der Waals surface area (Å²) in [6.07, 6.45) is 19.9. The fourth-order valence-electron chi connectivity index (χ4n) is 1.93. The van der Waals surface area contributed by atoms with Crippen molar-refractivity contribution in [2.45, 2.75) is 90.9 Å². The summed E-state index contributed by atoms with van der Waals surface area (Å²) in [4.78, 5) is 0. The summed E-state index contributed by atoms with van der Waals surface area (Å²) in [6, 6.07) is 0. The molecule has 0 aliphatic carbocycles. The van der Waals surface area contributed by atoms with Crippen molar-refractivity contribution in [1.29, 1.82) is 0 Å². The summed E-state index contributed by atoms with van der Waals surface area (Å²) in [6.45, 7) is 4.45. The van der Waals surface area contributed by atoms with E-state index < -0.39 is 0 Å². The van der Waals surface area contributed by atoms with Crippen LogP contribution >= 0.6 is 0 Å². The molecule has 0 unspecified atom stereocenters. The summed E-state index contributed by atoms with van der Waals surface area (Å²) < 4.78 is 0. The second-order valence-corrected chi connectivity index (χ2v) is 5.00. The summed E-state index contributed by atoms with van der Waals surface area (Å²) in [5.41, 5.74) is 0. The Morgan fingerprint density at radius 3 is 1.94 bits per heavy atom. The normalized spacial score (nSPS) is 10.6. The van der Waals surface area contributed by atoms with Crippen LogP contribution in [0.4, 0.5) is 0 Å². The molecule has 0 radical (unpaired) electrons. The van der Waals surface area contributed by atoms with Gasteiger partial charge in [-0.15, -0.1) is 11.8 Å². The van der Waals surface area contributed by atoms with Crippen LogP contribution in [0.15, 0.2) is 12.2 Å². The average molecular weight is 248 g/mol. The number of unbranched alkanes of at least 4 members (excludes halogenated alkanes) is 9. The molecule has 0 saturated carbocycles. The average Bonchev–Trinajstić information content (AvgIpc) is 2.39. The van der Waals surface area contributed by atoms with Crippen molar-refractivity contribution in [2.75, 3.05) is 0 Å². The minimum Gasteiger partial charge on any atom is -0.103 e. The lowest BCUT2D eigenvalue weighted by atomic mass is 10.1. The van der Waals surface area contributed by atoms with Crippen molar-refractivity contribution in [1.82, 2.24) is 0 Å². The maximum absolute atomic E-state index is 3.31. The van der Waals surface area contributed by atoms with Gasteiger partial charge < -0.3 is 0 Å². The monoisotopic (exact) mass is 248 g/mol. The van der Waals surface area contributed by atoms with Gasteiger partial charge in [0.1, 0.15) is 0 Å². The molecule has 0 aromatic carbocycles. The smallest absolute Gasteiger partial charge is 0.00887 e. The van der Waals surface area contributed by atoms with Crippen molar-refractivity contribution in [3.05, 3.63) is 12.2 Å². The SMILES string of the molecule is CC/C=C\CCCCC#CCCCCCCCC. The first-order valence-corrected chi connectivity index (χ1v) is 8.02. The molecule has 0 aliphatic rings. The van der Waals surface area contributed by atoms with Crippen LogP contribution in [-0.4, -0.2) is 0 Å². The first kappa shape index (κ1) is 17.3. The maximum atomic E-state index is 3.31. The van der Waals surface area contributed by atoms with E-state index in [1.807, 2.05) is 0 Å². The molecule has 0 amide bonds. The number of rotatable bonds is 11. The lowest BCUT2D eigenvalue weighted by Crippen LogP contribution is -1.78. The van der Waals surface area contributed by atoms with Crippen LogP contribution in [0.25, 0.3) is 0 Å². The van der Waals surface area contributed by atoms with Gasteiger partial charge in [0.15, 0.2) is 0 Å². The van der Waals surface area contributed by atoms with Crippen LogP contribution in [0, 0.1) is 11.8 Å². The van der Waals surface area contributed by atoms with Crippen molar-refractivity contribution in [3.63, 3.8) is 0 Å². The zero-order chi connectivity index (χ0) is 13.3. The second-order valence-electron chi connectivity index (χ2n) is 5.00. The summed E-state index contributed by atoms with van der Waals surface area (Å²) in [5, 5.41) is 0. The Balaban J connectivity index is 3.12. The van der Waals surface area contributed by atoms with E-state index in [0.29, 0.717) is 0 Å². The van der Waals surface area contributed by atoms with Crippen LogP contribution in [0.5, 0.6) is 0 Å². The van der Waals surface area contributed by atoms with E-state index in [1.165, 1.54) is 57.8 Å². The van der Waals surface area contributed by atoms with Gasteiger partial charge in [-0.1, -0.05) is 58.1 Å². The minimum atomic E-state index is 1.09. The number of allylic oxidation sites excluding steroid dienone is 2. The predicted octanol–water partition coefficient (Wildman–Crippen LogP) is 6.27. The highest BCUT2D eigenvalue weighted by atomic mass is 13.9. The molecule has 0 N–H and O–H groups in total. The van der Waals surface area contributed by atoms with Crippen LogP contribution in [0.1, 0.15) is 90.9 Å². The molecule has 0 bridgehead atoms. The highest BCUT2D eigenvalue weighted by Gasteiger charge is 1.88. The molecule has 0 nitrogen and oxygen atoms in total. The van der Waals surface area contributed by atoms with Gasteiger partial charge in [-0.25, -0.2) is 0 Å². The predicted molar refractivity (Wildman–Crippen MR) is 83.7 cm³/mol. The quantitative estimate of drug-likeness (QED) is 0.230. The van der Waals surface area contributed by atoms with Gasteiger partial charge in [-0.05, 0) is 32.1 Å². The third kappa shape index (κ3) is 15.3. The first-order valence-electron chi connectivity index (χ1n) is 8.02. The van der Waals surface area contributed by atoms with Crippen molar-refractivity contribution < 1.29 is 0 Å². The van der Waals surface area contributed by atoms with E-state index >= 15 is 0 Å². The van der Waals surface area contributed by atoms with Gasteiger partial charge in [0, 0.05) is 12.8 Å². The second kappa shape index (κ2) is 16.3. The van der Waals surface area contributed by atoms with Crippen LogP contribution in [0.3, 0.4) is 0 Å². The third-order valence-corrected chi connectivity index (χ3v) is 3.11. The Hall–Kier alpha value is -0.700. The summed E-state index contributed by atoms with van der Waals surface area (Å²) in [5.74, 6) is 6.61. The molecule has 0 aromatic rings. The van der Waals surface area contributed by atoms with Crippen LogP contribution in [-0.2, 0) is 0 Å². The molecule has 18 heavy (non-hydrogen) atoms. The highest BCUT2D eigenvalue weighted by Crippen LogP contribution is 2.06. The lowest BCUT2D eigenvalue weighted by molar-refractivity contribution is 0.613. The fraction of sp³-hybridized carbons (Fsp3) is 0.778. The van der Waals surface area contributed by atoms with Crippen LogP contribution in [0.2, 0.25) is 0 Å². The van der Waals surface area contributed by atoms with Crippen molar-refractivity contribution in [3.8, 4) is 11.8 Å². The van der Waals surface area contributed by atoms with Gasteiger partial charge in [-0.2, -0.15) is 0 Å². The molecule has 0 spiro atoms. The Morgan fingerprint density at radius 1 is 0.667 bits per heavy atom. The fourth-order valence-corrected chi connectivity index (χ4v) is 1.93. The maximum Gasteiger partial charge on any atom is 0.00887 e. The minimum absolute atomic E-state index is 1.09. The molecule has 104 valence electrons. The van der Waals surface area contributed by atoms with Gasteiger partial charge >= 0.3 is 0 Å². The van der Waals surface area contributed by atoms with E-state index in [9.17, 15) is 0 Å². The molecule has 0 fully saturated rings. The molecule has 0 rings (SSSR count). The van der Waals surface area contributed by atoms with Gasteiger partial charge in [0.05, 0.1) is 0 Å². The molecular formula is C18H32. The molecule has 0 heterocycles. The summed E-state index contributed by atoms with van der Waals surface area (Å²) >= 11 is 0. The van der Waals surface area contributed by atoms with Gasteiger partial charge in [-0.3, -0.25) is 0 Å². The molecule has 0 aromatic heterocycles. The molecule has 0 heteroatoms. The standard InChI is InChI=1S/C18H32/c1-3-5-7-9-11-13-15-17-18-16-14-12-10-8-6-4-2/h5,7H,3-4,6,8-16H2,1-2H3/b7-5-. The topological polar surface area (TPSA) is 0 Å². The third-order valence-electron chi connectivity index (χ3n) is 3.11. The first-order chi connectivity index (χ1) is 8.91. The number of hydrogen-bond acceptors (Lipinski definition) is 0. The Bertz CT molecular complexity index is 226. The zero-order valence-corrected chi connectivity index (χ0v) is 12.6. The van der Waals surface area contributed by atoms with Gasteiger partial charge in [0.2, 0.25) is 0 Å². The largest absolute Gasteiger partial charge is 0.103 e. The highest BCUT2D eigenvalue weighted by molar-refractivity contribution is 4.98. The zero-order valence-electron chi connectivity index (χ0n) is 12.6. The van der Waals surface area contributed by atoms with Crippen molar-refractivity contribution >= 4 is 0 Å². The summed E-state index contributed by atoms with van der Waals surface area (Å²) in [7, 11) is 0. The van der Waals surface area contributed by atoms with E-state index in [4.69, 9.17) is 0 Å². The lowest BCUT2D eigenvalue weighted by Gasteiger charge is -1.96. The van der Waals surface area contributed by atoms with E-state index in [0.717, 1.165) is 19.3 Å². The Labute approximate surface area is 115 Å². The molecule has 0 saturated heterocycles. The van der Waals surface area contributed by atoms with Crippen LogP contribution < -0.4 is 0 Å². The molecular weight excluding hydrogens is 216 g/mol. The number of hydrogen-bond donors (Lipinski definition) is 0. The van der Waals surface area contributed by atoms with E-state index in [-0.39, 0.29) is 0 Å². The van der Waals surface area contributed by atoms with Gasteiger partial charge in [0.25, 0.3) is 0 Å². The Kier molecular flexibility index (Phi) is 15.7. The Morgan fingerprint density at radius 2 is 1.28 bits per heavy atom. The molecule has 0 aliphatic heterocycles. The van der Waals surface area contributed by atoms with E-state index in [2.05, 4.69) is 37.8 Å². The van der Waals surface area contributed by atoms with E-state index in [1.54, 1.807) is 0 Å². The van der Waals surface area contributed by atoms with Crippen molar-refractivity contribution in [2.24, 2.45) is 0 Å².